The molecule has 1 aromatic heterocycles. The largest absolute Gasteiger partial charge is 0.494 e. The molecule has 0 spiro atoms. The summed E-state index contributed by atoms with van der Waals surface area (Å²) >= 11 is 0. The highest BCUT2D eigenvalue weighted by Crippen LogP contribution is 2.15. The van der Waals surface area contributed by atoms with Crippen LogP contribution in [0.1, 0.15) is 43.0 Å². The molecule has 0 N–H and O–H groups in total. The molecule has 1 heterocycles. The molecule has 3 aromatic rings. The molecule has 0 aliphatic rings. The van der Waals surface area contributed by atoms with E-state index in [1.165, 1.54) is 4.57 Å². The van der Waals surface area contributed by atoms with Gasteiger partial charge in [-0.1, -0.05) is 19.1 Å². The van der Waals surface area contributed by atoms with E-state index in [0.29, 0.717) is 36.2 Å². The molecule has 0 fully saturated rings. The first-order valence-corrected chi connectivity index (χ1v) is 10.1. The minimum absolute atomic E-state index is 0.0154. The summed E-state index contributed by atoms with van der Waals surface area (Å²) in [5, 5.41) is 0. The number of ketones is 1. The van der Waals surface area contributed by atoms with Crippen LogP contribution in [0.4, 0.5) is 0 Å². The topological polar surface area (TPSA) is 87.7 Å². The van der Waals surface area contributed by atoms with Gasteiger partial charge in [-0.2, -0.15) is 0 Å². The summed E-state index contributed by atoms with van der Waals surface area (Å²) in [5.41, 5.74) is 1.78. The van der Waals surface area contributed by atoms with Gasteiger partial charge in [0.15, 0.2) is 11.4 Å². The van der Waals surface area contributed by atoms with Crippen molar-refractivity contribution in [3.63, 3.8) is 0 Å². The van der Waals surface area contributed by atoms with E-state index < -0.39 is 11.7 Å². The lowest BCUT2D eigenvalue weighted by molar-refractivity contribution is -0.143. The minimum atomic E-state index is -0.435. The van der Waals surface area contributed by atoms with Gasteiger partial charge in [-0.15, -0.1) is 0 Å². The lowest BCUT2D eigenvalue weighted by Crippen LogP contribution is -2.16. The highest BCUT2D eigenvalue weighted by molar-refractivity contribution is 5.97. The molecule has 7 heteroatoms. The Balaban J connectivity index is 1.39. The van der Waals surface area contributed by atoms with Crippen LogP contribution in [0.3, 0.4) is 0 Å². The molecular weight excluding hydrogens is 386 g/mol. The van der Waals surface area contributed by atoms with Crippen molar-refractivity contribution >= 4 is 22.9 Å². The van der Waals surface area contributed by atoms with E-state index in [1.807, 2.05) is 13.0 Å². The third kappa shape index (κ3) is 5.59. The Bertz CT molecular complexity index is 1050. The molecule has 0 bridgehead atoms. The number of ether oxygens (including phenoxy) is 2. The number of para-hydroxylation sites is 2. The van der Waals surface area contributed by atoms with Gasteiger partial charge >= 0.3 is 11.7 Å². The van der Waals surface area contributed by atoms with Crippen LogP contribution in [0.15, 0.2) is 57.7 Å². The predicted octanol–water partition coefficient (Wildman–Crippen LogP) is 3.98. The van der Waals surface area contributed by atoms with Gasteiger partial charge in [-0.25, -0.2) is 4.79 Å². The van der Waals surface area contributed by atoms with Crippen molar-refractivity contribution in [3.05, 3.63) is 64.6 Å². The number of aryl methyl sites for hydroxylation is 1. The quantitative estimate of drug-likeness (QED) is 0.269. The summed E-state index contributed by atoms with van der Waals surface area (Å²) in [7, 11) is 0. The maximum absolute atomic E-state index is 12.2. The number of hydrogen-bond donors (Lipinski definition) is 0. The van der Waals surface area contributed by atoms with Gasteiger partial charge in [0.25, 0.3) is 0 Å². The normalized spacial score (nSPS) is 10.8. The first kappa shape index (κ1) is 21.4. The molecule has 0 unspecified atom stereocenters. The highest BCUT2D eigenvalue weighted by atomic mass is 16.5. The number of nitrogens with zero attached hydrogens (tertiary/aromatic N) is 1. The molecule has 7 nitrogen and oxygen atoms in total. The molecule has 0 radical (unpaired) electrons. The SMILES string of the molecule is CCCOc1ccc(C(=O)CCC(=O)OCCCn2c(=O)oc3ccccc32)cc1. The van der Waals surface area contributed by atoms with Crippen molar-refractivity contribution in [1.82, 2.24) is 4.57 Å². The van der Waals surface area contributed by atoms with Crippen LogP contribution < -0.4 is 10.5 Å². The molecule has 0 aliphatic heterocycles. The average Bonchev–Trinajstić information content (AvgIpc) is 3.09. The van der Waals surface area contributed by atoms with E-state index in [-0.39, 0.29) is 25.2 Å². The summed E-state index contributed by atoms with van der Waals surface area (Å²) in [4.78, 5) is 36.0. The molecule has 30 heavy (non-hydrogen) atoms. The number of esters is 1. The standard InChI is InChI=1S/C23H25NO6/c1-2-15-28-18-10-8-17(9-11-18)20(25)12-13-22(26)29-16-5-14-24-19-6-3-4-7-21(19)30-23(24)27/h3-4,6-11H,2,5,12-16H2,1H3. The fourth-order valence-electron chi connectivity index (χ4n) is 3.02. The van der Waals surface area contributed by atoms with Crippen LogP contribution in [0.5, 0.6) is 5.75 Å². The van der Waals surface area contributed by atoms with Crippen molar-refractivity contribution in [2.24, 2.45) is 0 Å². The van der Waals surface area contributed by atoms with Crippen molar-refractivity contribution in [3.8, 4) is 5.75 Å². The van der Waals surface area contributed by atoms with E-state index in [4.69, 9.17) is 13.9 Å². The number of carbonyl (C=O) groups is 2. The Hall–Kier alpha value is -3.35. The molecule has 2 aromatic carbocycles. The number of Topliss-reactive ketones (excluding diaryl/α,β-unsaturated/α-hetero) is 1. The Morgan fingerprint density at radius 1 is 1.00 bits per heavy atom. The minimum Gasteiger partial charge on any atom is -0.494 e. The van der Waals surface area contributed by atoms with Gasteiger partial charge in [0.2, 0.25) is 0 Å². The van der Waals surface area contributed by atoms with Crippen LogP contribution in [-0.4, -0.2) is 29.5 Å². The molecule has 3 rings (SSSR count). The van der Waals surface area contributed by atoms with Crippen molar-refractivity contribution in [1.29, 1.82) is 0 Å². The summed E-state index contributed by atoms with van der Waals surface area (Å²) in [6.45, 7) is 3.21. The third-order valence-electron chi connectivity index (χ3n) is 4.57. The molecule has 0 saturated carbocycles. The first-order valence-electron chi connectivity index (χ1n) is 10.1. The van der Waals surface area contributed by atoms with E-state index in [9.17, 15) is 14.4 Å². The Morgan fingerprint density at radius 3 is 2.53 bits per heavy atom. The van der Waals surface area contributed by atoms with Crippen LogP contribution in [0, 0.1) is 0 Å². The summed E-state index contributed by atoms with van der Waals surface area (Å²) in [5.74, 6) is -0.266. The number of fused-ring (bicyclic) bond motifs is 1. The molecule has 158 valence electrons. The van der Waals surface area contributed by atoms with Crippen LogP contribution in [-0.2, 0) is 16.1 Å². The zero-order valence-electron chi connectivity index (χ0n) is 17.0. The maximum atomic E-state index is 12.2. The number of carbonyl (C=O) groups excluding carboxylic acids is 2. The third-order valence-corrected chi connectivity index (χ3v) is 4.57. The Kier molecular flexibility index (Phi) is 7.43. The van der Waals surface area contributed by atoms with Crippen molar-refractivity contribution < 1.29 is 23.5 Å². The molecule has 0 atom stereocenters. The zero-order chi connectivity index (χ0) is 21.3. The van der Waals surface area contributed by atoms with Gasteiger partial charge in [0.1, 0.15) is 5.75 Å². The van der Waals surface area contributed by atoms with Gasteiger partial charge in [-0.3, -0.25) is 14.2 Å². The smallest absolute Gasteiger partial charge is 0.419 e. The fourth-order valence-corrected chi connectivity index (χ4v) is 3.02. The van der Waals surface area contributed by atoms with E-state index >= 15 is 0 Å². The number of rotatable bonds is 11. The Labute approximate surface area is 174 Å². The highest BCUT2D eigenvalue weighted by Gasteiger charge is 2.12. The second-order valence-corrected chi connectivity index (χ2v) is 6.86. The van der Waals surface area contributed by atoms with Crippen LogP contribution >= 0.6 is 0 Å². The molecule has 0 amide bonds. The second-order valence-electron chi connectivity index (χ2n) is 6.86. The van der Waals surface area contributed by atoms with Crippen LogP contribution in [0.25, 0.3) is 11.1 Å². The van der Waals surface area contributed by atoms with E-state index in [0.717, 1.165) is 12.2 Å². The van der Waals surface area contributed by atoms with E-state index in [1.54, 1.807) is 42.5 Å². The number of benzene rings is 2. The monoisotopic (exact) mass is 411 g/mol. The van der Waals surface area contributed by atoms with Gasteiger partial charge in [0, 0.05) is 18.5 Å². The predicted molar refractivity (Wildman–Crippen MR) is 112 cm³/mol. The summed E-state index contributed by atoms with van der Waals surface area (Å²) in [6, 6.07) is 14.1. The van der Waals surface area contributed by atoms with Crippen LogP contribution in [0.2, 0.25) is 0 Å². The lowest BCUT2D eigenvalue weighted by Gasteiger charge is -2.07. The number of oxazole rings is 1. The van der Waals surface area contributed by atoms with Gasteiger partial charge in [0.05, 0.1) is 25.2 Å². The van der Waals surface area contributed by atoms with Gasteiger partial charge < -0.3 is 13.9 Å². The average molecular weight is 411 g/mol. The molecular formula is C23H25NO6. The zero-order valence-corrected chi connectivity index (χ0v) is 17.0. The summed E-state index contributed by atoms with van der Waals surface area (Å²) < 4.78 is 17.4. The number of hydrogen-bond acceptors (Lipinski definition) is 6. The molecule has 0 saturated heterocycles. The summed E-state index contributed by atoms with van der Waals surface area (Å²) in [6.07, 6.45) is 1.49. The lowest BCUT2D eigenvalue weighted by atomic mass is 10.1. The first-order chi connectivity index (χ1) is 14.6. The van der Waals surface area contributed by atoms with Crippen molar-refractivity contribution in [2.75, 3.05) is 13.2 Å². The van der Waals surface area contributed by atoms with Gasteiger partial charge in [-0.05, 0) is 49.2 Å². The fraction of sp³-hybridized carbons (Fsp3) is 0.348. The maximum Gasteiger partial charge on any atom is 0.419 e. The Morgan fingerprint density at radius 2 is 1.77 bits per heavy atom. The second kappa shape index (κ2) is 10.4. The molecule has 0 aliphatic carbocycles. The van der Waals surface area contributed by atoms with Crippen molar-refractivity contribution in [2.45, 2.75) is 39.2 Å². The van der Waals surface area contributed by atoms with E-state index in [2.05, 4.69) is 0 Å². The number of aromatic nitrogens is 1.